The number of H-pyrrole nitrogens is 1. The first kappa shape index (κ1) is 13.1. The van der Waals surface area contributed by atoms with Crippen LogP contribution >= 0.6 is 22.9 Å². The minimum absolute atomic E-state index is 0.0665. The van der Waals surface area contributed by atoms with Gasteiger partial charge in [0, 0.05) is 11.1 Å². The number of anilines is 2. The van der Waals surface area contributed by atoms with E-state index in [4.69, 9.17) is 17.3 Å². The molecule has 0 unspecified atom stereocenters. The van der Waals surface area contributed by atoms with Gasteiger partial charge in [-0.15, -0.1) is 11.3 Å². The fourth-order valence-corrected chi connectivity index (χ4v) is 3.73. The number of halogens is 1. The van der Waals surface area contributed by atoms with Gasteiger partial charge in [0.1, 0.15) is 9.73 Å². The van der Waals surface area contributed by atoms with E-state index in [1.54, 1.807) is 0 Å². The predicted molar refractivity (Wildman–Crippen MR) is 76.2 cm³/mol. The second-order valence-electron chi connectivity index (χ2n) is 3.74. The quantitative estimate of drug-likeness (QED) is 0.624. The highest BCUT2D eigenvalue weighted by atomic mass is 35.5. The summed E-state index contributed by atoms with van der Waals surface area (Å²) in [5.41, 5.74) is 6.59. The number of imidazole rings is 1. The van der Waals surface area contributed by atoms with Gasteiger partial charge in [-0.1, -0.05) is 11.6 Å². The van der Waals surface area contributed by atoms with Gasteiger partial charge in [0.2, 0.25) is 5.95 Å². The predicted octanol–water partition coefficient (Wildman–Crippen LogP) is 1.45. The summed E-state index contributed by atoms with van der Waals surface area (Å²) in [7, 11) is -3.79. The molecule has 0 aliphatic heterocycles. The first-order valence-electron chi connectivity index (χ1n) is 5.19. The number of aromatic nitrogens is 4. The van der Waals surface area contributed by atoms with Crippen LogP contribution in [0.4, 0.5) is 11.6 Å². The highest BCUT2D eigenvalue weighted by Gasteiger charge is 2.19. The third-order valence-corrected chi connectivity index (χ3v) is 5.39. The summed E-state index contributed by atoms with van der Waals surface area (Å²) < 4.78 is 26.5. The first-order chi connectivity index (χ1) is 9.45. The number of nitrogens with one attached hydrogen (secondary N) is 2. The number of nitrogens with zero attached hydrogens (tertiary/aromatic N) is 3. The van der Waals surface area contributed by atoms with Gasteiger partial charge in [0.15, 0.2) is 10.8 Å². The normalized spacial score (nSPS) is 11.8. The Morgan fingerprint density at radius 1 is 1.40 bits per heavy atom. The minimum atomic E-state index is -3.79. The second-order valence-corrected chi connectivity index (χ2v) is 6.92. The van der Waals surface area contributed by atoms with Crippen molar-refractivity contribution in [3.8, 4) is 0 Å². The van der Waals surface area contributed by atoms with Gasteiger partial charge >= 0.3 is 0 Å². The van der Waals surface area contributed by atoms with Crippen molar-refractivity contribution < 1.29 is 8.42 Å². The Morgan fingerprint density at radius 2 is 2.20 bits per heavy atom. The number of rotatable bonds is 3. The summed E-state index contributed by atoms with van der Waals surface area (Å²) in [6, 6.07) is 1.35. The van der Waals surface area contributed by atoms with Crippen LogP contribution < -0.4 is 10.5 Å². The summed E-state index contributed by atoms with van der Waals surface area (Å²) in [5.74, 6) is -0.151. The third kappa shape index (κ3) is 2.28. The number of thiophene rings is 1. The van der Waals surface area contributed by atoms with Gasteiger partial charge in [-0.2, -0.15) is 9.97 Å². The number of nitrogen functional groups attached to an aromatic ring is 1. The van der Waals surface area contributed by atoms with Crippen LogP contribution in [0.3, 0.4) is 0 Å². The molecule has 8 nitrogen and oxygen atoms in total. The molecule has 3 aromatic heterocycles. The number of fused-ring (bicyclic) bond motifs is 1. The molecule has 0 amide bonds. The molecule has 104 valence electrons. The van der Waals surface area contributed by atoms with Crippen molar-refractivity contribution in [2.24, 2.45) is 0 Å². The standard InChI is InChI=1S/C9H7ClN6O2S2/c10-7-6-8(13-3-12-6)15-9(14-7)16-20(17,18)5-1-4(11)2-19-5/h1-3H,11H2,(H2,12,13,14,15,16). The van der Waals surface area contributed by atoms with Crippen molar-refractivity contribution in [1.29, 1.82) is 0 Å². The molecule has 3 aromatic rings. The lowest BCUT2D eigenvalue weighted by molar-refractivity contribution is 0.603. The molecular weight excluding hydrogens is 324 g/mol. The molecule has 11 heteroatoms. The Kier molecular flexibility index (Phi) is 3.00. The van der Waals surface area contributed by atoms with Crippen molar-refractivity contribution in [2.75, 3.05) is 10.5 Å². The van der Waals surface area contributed by atoms with E-state index < -0.39 is 10.0 Å². The van der Waals surface area contributed by atoms with E-state index in [0.717, 1.165) is 11.3 Å². The van der Waals surface area contributed by atoms with E-state index in [2.05, 4.69) is 24.7 Å². The van der Waals surface area contributed by atoms with Gasteiger partial charge in [0.05, 0.1) is 6.33 Å². The lowest BCUT2D eigenvalue weighted by Crippen LogP contribution is -2.14. The number of aromatic amines is 1. The fraction of sp³-hybridized carbons (Fsp3) is 0. The lowest BCUT2D eigenvalue weighted by atomic mass is 10.6. The van der Waals surface area contributed by atoms with Crippen LogP contribution in [-0.4, -0.2) is 28.4 Å². The Morgan fingerprint density at radius 3 is 2.90 bits per heavy atom. The fourth-order valence-electron chi connectivity index (χ4n) is 1.49. The molecule has 4 N–H and O–H groups in total. The Hall–Kier alpha value is -1.91. The average molecular weight is 331 g/mol. The zero-order chi connectivity index (χ0) is 14.3. The van der Waals surface area contributed by atoms with Crippen molar-refractivity contribution in [1.82, 2.24) is 19.9 Å². The van der Waals surface area contributed by atoms with Gasteiger partial charge in [-0.05, 0) is 6.07 Å². The zero-order valence-corrected chi connectivity index (χ0v) is 12.1. The molecular formula is C9H7ClN6O2S2. The molecule has 3 heterocycles. The lowest BCUT2D eigenvalue weighted by Gasteiger charge is -2.04. The summed E-state index contributed by atoms with van der Waals surface area (Å²) in [4.78, 5) is 14.5. The highest BCUT2D eigenvalue weighted by Crippen LogP contribution is 2.24. The molecule has 0 saturated carbocycles. The third-order valence-electron chi connectivity index (χ3n) is 2.33. The smallest absolute Gasteiger partial charge is 0.273 e. The number of nitrogens with two attached hydrogens (primary N) is 1. The number of hydrogen-bond donors (Lipinski definition) is 3. The molecule has 0 saturated heterocycles. The minimum Gasteiger partial charge on any atom is -0.398 e. The van der Waals surface area contributed by atoms with Crippen LogP contribution in [0, 0.1) is 0 Å². The van der Waals surface area contributed by atoms with Crippen molar-refractivity contribution in [2.45, 2.75) is 4.21 Å². The first-order valence-corrected chi connectivity index (χ1v) is 7.93. The van der Waals surface area contributed by atoms with E-state index in [1.165, 1.54) is 17.8 Å². The number of sulfonamides is 1. The van der Waals surface area contributed by atoms with Gasteiger partial charge < -0.3 is 10.7 Å². The average Bonchev–Trinajstić information content (AvgIpc) is 2.97. The van der Waals surface area contributed by atoms with Crippen LogP contribution in [0.2, 0.25) is 5.15 Å². The topological polar surface area (TPSA) is 127 Å². The van der Waals surface area contributed by atoms with Gasteiger partial charge in [-0.25, -0.2) is 18.1 Å². The summed E-state index contributed by atoms with van der Waals surface area (Å²) in [5, 5.41) is 1.61. The highest BCUT2D eigenvalue weighted by molar-refractivity contribution is 7.94. The Bertz CT molecular complexity index is 887. The van der Waals surface area contributed by atoms with E-state index in [9.17, 15) is 8.42 Å². The van der Waals surface area contributed by atoms with Gasteiger partial charge in [0.25, 0.3) is 10.0 Å². The largest absolute Gasteiger partial charge is 0.398 e. The maximum Gasteiger partial charge on any atom is 0.273 e. The van der Waals surface area contributed by atoms with E-state index in [1.807, 2.05) is 0 Å². The van der Waals surface area contributed by atoms with Crippen LogP contribution in [-0.2, 0) is 10.0 Å². The molecule has 0 bridgehead atoms. The summed E-state index contributed by atoms with van der Waals surface area (Å²) in [6.07, 6.45) is 1.39. The van der Waals surface area contributed by atoms with E-state index in [-0.39, 0.29) is 21.0 Å². The molecule has 0 spiro atoms. The van der Waals surface area contributed by atoms with Crippen molar-refractivity contribution >= 4 is 55.8 Å². The maximum atomic E-state index is 12.1. The summed E-state index contributed by atoms with van der Waals surface area (Å²) in [6.45, 7) is 0. The molecule has 3 rings (SSSR count). The monoisotopic (exact) mass is 330 g/mol. The SMILES string of the molecule is Nc1csc(S(=O)(=O)Nc2nc(Cl)c3[nH]cnc3n2)c1. The van der Waals surface area contributed by atoms with Crippen LogP contribution in [0.1, 0.15) is 0 Å². The summed E-state index contributed by atoms with van der Waals surface area (Å²) >= 11 is 6.91. The number of hydrogen-bond acceptors (Lipinski definition) is 7. The Labute approximate surface area is 122 Å². The second kappa shape index (κ2) is 4.58. The molecule has 0 fully saturated rings. The van der Waals surface area contributed by atoms with Crippen molar-refractivity contribution in [3.05, 3.63) is 22.9 Å². The molecule has 0 aromatic carbocycles. The molecule has 0 aliphatic rings. The zero-order valence-electron chi connectivity index (χ0n) is 9.66. The van der Waals surface area contributed by atoms with Crippen molar-refractivity contribution in [3.63, 3.8) is 0 Å². The molecule has 20 heavy (non-hydrogen) atoms. The van der Waals surface area contributed by atoms with Gasteiger partial charge in [-0.3, -0.25) is 0 Å². The molecule has 0 atom stereocenters. The molecule has 0 aliphatic carbocycles. The maximum absolute atomic E-state index is 12.1. The van der Waals surface area contributed by atoms with E-state index in [0.29, 0.717) is 11.2 Å². The molecule has 0 radical (unpaired) electrons. The van der Waals surface area contributed by atoms with Crippen LogP contribution in [0.15, 0.2) is 22.0 Å². The Balaban J connectivity index is 2.00. The van der Waals surface area contributed by atoms with Crippen LogP contribution in [0.5, 0.6) is 0 Å². The van der Waals surface area contributed by atoms with Crippen LogP contribution in [0.25, 0.3) is 11.2 Å². The van der Waals surface area contributed by atoms with E-state index >= 15 is 0 Å².